The second kappa shape index (κ2) is 3.54. The van der Waals surface area contributed by atoms with Crippen LogP contribution in [0.1, 0.15) is 10.5 Å². The fourth-order valence-electron chi connectivity index (χ4n) is 2.11. The van der Waals surface area contributed by atoms with Crippen LogP contribution in [0.5, 0.6) is 0 Å². The van der Waals surface area contributed by atoms with Crippen LogP contribution < -0.4 is 5.43 Å². The van der Waals surface area contributed by atoms with Gasteiger partial charge in [-0.2, -0.15) is 0 Å². The fourth-order valence-corrected chi connectivity index (χ4v) is 2.11. The first-order valence-corrected chi connectivity index (χ1v) is 5.32. The van der Waals surface area contributed by atoms with Crippen molar-refractivity contribution in [3.05, 3.63) is 30.1 Å². The standard InChI is InChI=1S/C11H13N3O2/c15-10(9-3-1-2-4-12-9)13-14-5-11(6-14)7-16-8-11/h1-4H,5-8H2,(H,13,15). The molecule has 16 heavy (non-hydrogen) atoms. The third kappa shape index (κ3) is 1.58. The van der Waals surface area contributed by atoms with Crippen molar-refractivity contribution >= 4 is 5.91 Å². The van der Waals surface area contributed by atoms with Gasteiger partial charge in [0.1, 0.15) is 5.69 Å². The van der Waals surface area contributed by atoms with E-state index in [1.807, 2.05) is 5.01 Å². The summed E-state index contributed by atoms with van der Waals surface area (Å²) in [6, 6.07) is 5.30. The van der Waals surface area contributed by atoms with Crippen LogP contribution in [-0.4, -0.2) is 42.2 Å². The summed E-state index contributed by atoms with van der Waals surface area (Å²) >= 11 is 0. The molecule has 3 rings (SSSR count). The molecule has 0 atom stereocenters. The predicted molar refractivity (Wildman–Crippen MR) is 56.5 cm³/mol. The highest BCUT2D eigenvalue weighted by molar-refractivity contribution is 5.91. The number of hydrazine groups is 1. The van der Waals surface area contributed by atoms with Gasteiger partial charge in [-0.05, 0) is 12.1 Å². The Balaban J connectivity index is 1.55. The number of hydrogen-bond donors (Lipinski definition) is 1. The van der Waals surface area contributed by atoms with Gasteiger partial charge in [0.2, 0.25) is 0 Å². The van der Waals surface area contributed by atoms with E-state index in [1.54, 1.807) is 24.4 Å². The van der Waals surface area contributed by atoms with Gasteiger partial charge >= 0.3 is 0 Å². The van der Waals surface area contributed by atoms with Gasteiger partial charge in [0, 0.05) is 24.7 Å². The van der Waals surface area contributed by atoms with E-state index in [1.165, 1.54) is 0 Å². The number of amides is 1. The highest BCUT2D eigenvalue weighted by Crippen LogP contribution is 2.36. The lowest BCUT2D eigenvalue weighted by Crippen LogP contribution is -2.69. The van der Waals surface area contributed by atoms with Gasteiger partial charge in [0.25, 0.3) is 5.91 Å². The minimum absolute atomic E-state index is 0.143. The second-order valence-electron chi connectivity index (χ2n) is 4.50. The number of aromatic nitrogens is 1. The minimum Gasteiger partial charge on any atom is -0.380 e. The molecule has 2 aliphatic rings. The molecule has 2 aliphatic heterocycles. The van der Waals surface area contributed by atoms with Gasteiger partial charge in [-0.15, -0.1) is 0 Å². The van der Waals surface area contributed by atoms with E-state index in [4.69, 9.17) is 4.74 Å². The molecule has 0 radical (unpaired) electrons. The van der Waals surface area contributed by atoms with Crippen molar-refractivity contribution in [2.45, 2.75) is 0 Å². The van der Waals surface area contributed by atoms with Gasteiger partial charge in [0.05, 0.1) is 13.2 Å². The molecule has 0 saturated carbocycles. The van der Waals surface area contributed by atoms with Crippen molar-refractivity contribution in [2.24, 2.45) is 5.41 Å². The van der Waals surface area contributed by atoms with E-state index < -0.39 is 0 Å². The summed E-state index contributed by atoms with van der Waals surface area (Å²) in [6.07, 6.45) is 1.62. The van der Waals surface area contributed by atoms with Gasteiger partial charge in [-0.1, -0.05) is 6.07 Å². The Morgan fingerprint density at radius 3 is 2.81 bits per heavy atom. The van der Waals surface area contributed by atoms with E-state index in [-0.39, 0.29) is 5.91 Å². The predicted octanol–water partition coefficient (Wildman–Crippen LogP) is 0.0586. The van der Waals surface area contributed by atoms with Crippen LogP contribution >= 0.6 is 0 Å². The summed E-state index contributed by atoms with van der Waals surface area (Å²) in [4.78, 5) is 15.7. The molecule has 5 heteroatoms. The third-order valence-corrected chi connectivity index (χ3v) is 3.03. The number of carbonyl (C=O) groups excluding carboxylic acids is 1. The van der Waals surface area contributed by atoms with Crippen molar-refractivity contribution < 1.29 is 9.53 Å². The van der Waals surface area contributed by atoms with Crippen LogP contribution in [0, 0.1) is 5.41 Å². The largest absolute Gasteiger partial charge is 0.380 e. The van der Waals surface area contributed by atoms with E-state index in [9.17, 15) is 4.79 Å². The Labute approximate surface area is 93.4 Å². The summed E-state index contributed by atoms with van der Waals surface area (Å²) in [5.74, 6) is -0.143. The first-order valence-electron chi connectivity index (χ1n) is 5.32. The van der Waals surface area contributed by atoms with Gasteiger partial charge in [-0.25, -0.2) is 5.01 Å². The highest BCUT2D eigenvalue weighted by Gasteiger charge is 2.49. The Bertz CT molecular complexity index is 395. The maximum atomic E-state index is 11.7. The summed E-state index contributed by atoms with van der Waals surface area (Å²) < 4.78 is 5.17. The van der Waals surface area contributed by atoms with E-state index >= 15 is 0 Å². The summed E-state index contributed by atoms with van der Waals surface area (Å²) in [7, 11) is 0. The Morgan fingerprint density at radius 1 is 1.44 bits per heavy atom. The maximum absolute atomic E-state index is 11.7. The molecule has 84 valence electrons. The molecule has 0 unspecified atom stereocenters. The Morgan fingerprint density at radius 2 is 2.25 bits per heavy atom. The molecular weight excluding hydrogens is 206 g/mol. The molecule has 2 saturated heterocycles. The number of pyridine rings is 1. The van der Waals surface area contributed by atoms with Crippen LogP contribution in [0.3, 0.4) is 0 Å². The number of carbonyl (C=O) groups is 1. The SMILES string of the molecule is O=C(NN1CC2(COC2)C1)c1ccccn1. The maximum Gasteiger partial charge on any atom is 0.284 e. The van der Waals surface area contributed by atoms with Crippen molar-refractivity contribution in [1.29, 1.82) is 0 Å². The molecule has 0 bridgehead atoms. The molecule has 1 amide bonds. The number of nitrogens with zero attached hydrogens (tertiary/aromatic N) is 2. The van der Waals surface area contributed by atoms with E-state index in [0.29, 0.717) is 11.1 Å². The van der Waals surface area contributed by atoms with Crippen LogP contribution in [0.25, 0.3) is 0 Å². The highest BCUT2D eigenvalue weighted by atomic mass is 16.5. The lowest BCUT2D eigenvalue weighted by Gasteiger charge is -2.54. The fraction of sp³-hybridized carbons (Fsp3) is 0.455. The van der Waals surface area contributed by atoms with Crippen molar-refractivity contribution in [2.75, 3.05) is 26.3 Å². The first kappa shape index (κ1) is 9.74. The summed E-state index contributed by atoms with van der Waals surface area (Å²) in [6.45, 7) is 3.41. The van der Waals surface area contributed by atoms with E-state index in [0.717, 1.165) is 26.3 Å². The smallest absolute Gasteiger partial charge is 0.284 e. The third-order valence-electron chi connectivity index (χ3n) is 3.03. The van der Waals surface area contributed by atoms with Crippen LogP contribution in [-0.2, 0) is 4.74 Å². The molecule has 1 aromatic rings. The lowest BCUT2D eigenvalue weighted by molar-refractivity contribution is -0.197. The molecule has 1 spiro atoms. The lowest BCUT2D eigenvalue weighted by atomic mass is 9.79. The molecule has 3 heterocycles. The molecule has 1 aromatic heterocycles. The number of hydrogen-bond acceptors (Lipinski definition) is 4. The quantitative estimate of drug-likeness (QED) is 0.764. The molecule has 5 nitrogen and oxygen atoms in total. The number of nitrogens with one attached hydrogen (secondary N) is 1. The van der Waals surface area contributed by atoms with Gasteiger partial charge in [0.15, 0.2) is 0 Å². The second-order valence-corrected chi connectivity index (χ2v) is 4.50. The topological polar surface area (TPSA) is 54.5 Å². The summed E-state index contributed by atoms with van der Waals surface area (Å²) in [5.41, 5.74) is 3.60. The van der Waals surface area contributed by atoms with Crippen LogP contribution in [0.4, 0.5) is 0 Å². The first-order chi connectivity index (χ1) is 7.77. The average Bonchev–Trinajstić information content (AvgIpc) is 2.21. The molecule has 0 aliphatic carbocycles. The van der Waals surface area contributed by atoms with Crippen LogP contribution in [0.2, 0.25) is 0 Å². The normalized spacial score (nSPS) is 22.2. The van der Waals surface area contributed by atoms with Crippen molar-refractivity contribution in [3.63, 3.8) is 0 Å². The summed E-state index contributed by atoms with van der Waals surface area (Å²) in [5, 5.41) is 1.92. The Hall–Kier alpha value is -1.46. The van der Waals surface area contributed by atoms with E-state index in [2.05, 4.69) is 10.4 Å². The number of ether oxygens (including phenoxy) is 1. The molecule has 2 fully saturated rings. The average molecular weight is 219 g/mol. The monoisotopic (exact) mass is 219 g/mol. The van der Waals surface area contributed by atoms with Gasteiger partial charge in [-0.3, -0.25) is 15.2 Å². The zero-order valence-corrected chi connectivity index (χ0v) is 8.85. The van der Waals surface area contributed by atoms with Crippen LogP contribution in [0.15, 0.2) is 24.4 Å². The zero-order chi connectivity index (χ0) is 11.0. The number of rotatable bonds is 2. The Kier molecular flexibility index (Phi) is 2.15. The van der Waals surface area contributed by atoms with Crippen molar-refractivity contribution in [3.8, 4) is 0 Å². The molecular formula is C11H13N3O2. The van der Waals surface area contributed by atoms with Gasteiger partial charge < -0.3 is 4.74 Å². The molecule has 1 N–H and O–H groups in total. The van der Waals surface area contributed by atoms with Crippen molar-refractivity contribution in [1.82, 2.24) is 15.4 Å². The molecule has 0 aromatic carbocycles. The minimum atomic E-state index is -0.143. The zero-order valence-electron chi connectivity index (χ0n) is 8.85.